The Kier molecular flexibility index (Phi) is 4.85. The number of methoxy groups -OCH3 is 1. The van der Waals surface area contributed by atoms with Crippen molar-refractivity contribution < 1.29 is 9.47 Å². The normalized spacial score (nSPS) is 10.7. The lowest BCUT2D eigenvalue weighted by atomic mass is 10.1. The van der Waals surface area contributed by atoms with E-state index < -0.39 is 0 Å². The fourth-order valence-corrected chi connectivity index (χ4v) is 1.98. The lowest BCUT2D eigenvalue weighted by molar-refractivity contribution is 0.296. The topological polar surface area (TPSA) is 56.8 Å². The van der Waals surface area contributed by atoms with Gasteiger partial charge in [-0.1, -0.05) is 17.7 Å². The van der Waals surface area contributed by atoms with Gasteiger partial charge >= 0.3 is 0 Å². The first-order chi connectivity index (χ1) is 9.72. The van der Waals surface area contributed by atoms with E-state index in [1.807, 2.05) is 30.3 Å². The molecule has 0 bridgehead atoms. The zero-order valence-electron chi connectivity index (χ0n) is 11.0. The molecule has 2 rings (SSSR count). The van der Waals surface area contributed by atoms with Gasteiger partial charge in [0, 0.05) is 10.6 Å². The van der Waals surface area contributed by atoms with Gasteiger partial charge in [-0.25, -0.2) is 0 Å². The fourth-order valence-electron chi connectivity index (χ4n) is 1.80. The van der Waals surface area contributed by atoms with Crippen LogP contribution in [0.5, 0.6) is 11.5 Å². The number of nitrogens with zero attached hydrogens (tertiary/aromatic N) is 1. The van der Waals surface area contributed by atoms with Gasteiger partial charge in [0.15, 0.2) is 0 Å². The number of benzene rings is 2. The summed E-state index contributed by atoms with van der Waals surface area (Å²) in [5, 5.41) is 4.15. The summed E-state index contributed by atoms with van der Waals surface area (Å²) in [5.41, 5.74) is 1.79. The molecule has 104 valence electrons. The average molecular weight is 291 g/mol. The lowest BCUT2D eigenvalue weighted by Gasteiger charge is -2.11. The summed E-state index contributed by atoms with van der Waals surface area (Å²) >= 11 is 5.92. The Balaban J connectivity index is 2.17. The molecule has 4 nitrogen and oxygen atoms in total. The van der Waals surface area contributed by atoms with E-state index in [0.29, 0.717) is 17.4 Å². The molecule has 0 aliphatic carbocycles. The largest absolute Gasteiger partial charge is 0.496 e. The molecule has 0 amide bonds. The zero-order valence-corrected chi connectivity index (χ0v) is 11.8. The minimum Gasteiger partial charge on any atom is -0.496 e. The first-order valence-electron chi connectivity index (χ1n) is 6.01. The van der Waals surface area contributed by atoms with E-state index in [1.165, 1.54) is 0 Å². The van der Waals surface area contributed by atoms with Crippen LogP contribution in [0.15, 0.2) is 47.6 Å². The van der Waals surface area contributed by atoms with Crippen molar-refractivity contribution in [2.45, 2.75) is 6.61 Å². The van der Waals surface area contributed by atoms with Crippen LogP contribution in [0, 0.1) is 0 Å². The quantitative estimate of drug-likeness (QED) is 0.522. The first-order valence-corrected chi connectivity index (χ1v) is 6.39. The second-order valence-corrected chi connectivity index (χ2v) is 4.53. The zero-order chi connectivity index (χ0) is 14.4. The smallest absolute Gasteiger partial charge is 0.125 e. The van der Waals surface area contributed by atoms with Crippen LogP contribution in [0.3, 0.4) is 0 Å². The minimum absolute atomic E-state index is 0.371. The first kappa shape index (κ1) is 14.2. The van der Waals surface area contributed by atoms with E-state index in [9.17, 15) is 0 Å². The molecule has 0 fully saturated rings. The van der Waals surface area contributed by atoms with Crippen LogP contribution < -0.4 is 15.3 Å². The fraction of sp³-hybridized carbons (Fsp3) is 0.133. The van der Waals surface area contributed by atoms with Crippen molar-refractivity contribution in [3.8, 4) is 11.5 Å². The molecule has 0 aromatic heterocycles. The number of hydrogen-bond acceptors (Lipinski definition) is 4. The number of nitrogens with two attached hydrogens (primary N) is 1. The predicted octanol–water partition coefficient (Wildman–Crippen LogP) is 3.22. The highest BCUT2D eigenvalue weighted by molar-refractivity contribution is 6.30. The van der Waals surface area contributed by atoms with Gasteiger partial charge in [-0.3, -0.25) is 0 Å². The van der Waals surface area contributed by atoms with Gasteiger partial charge in [0.05, 0.1) is 13.3 Å². The molecule has 0 heterocycles. The van der Waals surface area contributed by atoms with Gasteiger partial charge in [0.2, 0.25) is 0 Å². The Bertz CT molecular complexity index is 615. The lowest BCUT2D eigenvalue weighted by Crippen LogP contribution is -2.00. The van der Waals surface area contributed by atoms with E-state index in [-0.39, 0.29) is 0 Å². The molecular weight excluding hydrogens is 276 g/mol. The highest BCUT2D eigenvalue weighted by atomic mass is 35.5. The van der Waals surface area contributed by atoms with Crippen LogP contribution in [-0.4, -0.2) is 13.3 Å². The molecule has 5 heteroatoms. The number of halogens is 1. The van der Waals surface area contributed by atoms with Gasteiger partial charge in [0.25, 0.3) is 0 Å². The summed E-state index contributed by atoms with van der Waals surface area (Å²) in [6.07, 6.45) is 1.57. The molecule has 0 spiro atoms. The average Bonchev–Trinajstić information content (AvgIpc) is 2.46. The van der Waals surface area contributed by atoms with Crippen molar-refractivity contribution in [3.05, 3.63) is 58.6 Å². The highest BCUT2D eigenvalue weighted by Gasteiger charge is 2.05. The summed E-state index contributed by atoms with van der Waals surface area (Å²) in [6, 6.07) is 12.9. The SMILES string of the molecule is COc1ccc(C=NN)cc1COc1cccc(Cl)c1. The molecule has 0 aliphatic heterocycles. The van der Waals surface area contributed by atoms with Gasteiger partial charge in [-0.2, -0.15) is 5.10 Å². The summed E-state index contributed by atoms with van der Waals surface area (Å²) in [7, 11) is 1.62. The minimum atomic E-state index is 0.371. The maximum atomic E-state index is 5.92. The Morgan fingerprint density at radius 3 is 2.80 bits per heavy atom. The molecule has 2 aromatic rings. The van der Waals surface area contributed by atoms with Crippen LogP contribution in [0.4, 0.5) is 0 Å². The number of ether oxygens (including phenoxy) is 2. The second kappa shape index (κ2) is 6.82. The van der Waals surface area contributed by atoms with E-state index in [2.05, 4.69) is 5.10 Å². The van der Waals surface area contributed by atoms with Crippen LogP contribution in [0.1, 0.15) is 11.1 Å². The van der Waals surface area contributed by atoms with Crippen LogP contribution in [-0.2, 0) is 6.61 Å². The van der Waals surface area contributed by atoms with Crippen LogP contribution in [0.25, 0.3) is 0 Å². The second-order valence-electron chi connectivity index (χ2n) is 4.10. The van der Waals surface area contributed by atoms with Crippen molar-refractivity contribution in [2.75, 3.05) is 7.11 Å². The molecule has 0 unspecified atom stereocenters. The van der Waals surface area contributed by atoms with Crippen LogP contribution in [0.2, 0.25) is 5.02 Å². The molecule has 0 saturated carbocycles. The Hall–Kier alpha value is -2.20. The third kappa shape index (κ3) is 3.65. The van der Waals surface area contributed by atoms with E-state index in [1.54, 1.807) is 25.5 Å². The predicted molar refractivity (Wildman–Crippen MR) is 80.6 cm³/mol. The molecule has 2 aromatic carbocycles. The highest BCUT2D eigenvalue weighted by Crippen LogP contribution is 2.23. The third-order valence-electron chi connectivity index (χ3n) is 2.72. The Labute approximate surface area is 122 Å². The van der Waals surface area contributed by atoms with E-state index >= 15 is 0 Å². The van der Waals surface area contributed by atoms with Gasteiger partial charge in [-0.05, 0) is 42.0 Å². The molecule has 2 N–H and O–H groups in total. The van der Waals surface area contributed by atoms with Crippen molar-refractivity contribution in [3.63, 3.8) is 0 Å². The maximum Gasteiger partial charge on any atom is 0.125 e. The summed E-state index contributed by atoms with van der Waals surface area (Å²) in [4.78, 5) is 0. The van der Waals surface area contributed by atoms with Crippen molar-refractivity contribution in [1.29, 1.82) is 0 Å². The van der Waals surface area contributed by atoms with Crippen molar-refractivity contribution >= 4 is 17.8 Å². The summed E-state index contributed by atoms with van der Waals surface area (Å²) in [6.45, 7) is 0.371. The van der Waals surface area contributed by atoms with E-state index in [0.717, 1.165) is 16.9 Å². The number of hydrazone groups is 1. The summed E-state index contributed by atoms with van der Waals surface area (Å²) < 4.78 is 11.0. The Morgan fingerprint density at radius 2 is 2.10 bits per heavy atom. The standard InChI is InChI=1S/C15H15ClN2O2/c1-19-15-6-5-11(9-18-17)7-12(15)10-20-14-4-2-3-13(16)8-14/h2-9H,10,17H2,1H3. The molecule has 20 heavy (non-hydrogen) atoms. The van der Waals surface area contributed by atoms with Crippen molar-refractivity contribution in [2.24, 2.45) is 10.9 Å². The van der Waals surface area contributed by atoms with Gasteiger partial charge in [0.1, 0.15) is 18.1 Å². The van der Waals surface area contributed by atoms with Gasteiger partial charge < -0.3 is 15.3 Å². The molecule has 0 radical (unpaired) electrons. The number of hydrogen-bond donors (Lipinski definition) is 1. The Morgan fingerprint density at radius 1 is 1.25 bits per heavy atom. The molecular formula is C15H15ClN2O2. The molecule has 0 saturated heterocycles. The third-order valence-corrected chi connectivity index (χ3v) is 2.95. The van der Waals surface area contributed by atoms with Crippen LogP contribution >= 0.6 is 11.6 Å². The summed E-state index contributed by atoms with van der Waals surface area (Å²) in [5.74, 6) is 6.61. The number of rotatable bonds is 5. The van der Waals surface area contributed by atoms with Crippen molar-refractivity contribution in [1.82, 2.24) is 0 Å². The monoisotopic (exact) mass is 290 g/mol. The molecule has 0 aliphatic rings. The van der Waals surface area contributed by atoms with Gasteiger partial charge in [-0.15, -0.1) is 0 Å². The molecule has 0 atom stereocenters. The maximum absolute atomic E-state index is 5.92. The van der Waals surface area contributed by atoms with E-state index in [4.69, 9.17) is 26.9 Å².